The number of hydrogen-bond donors (Lipinski definition) is 2. The van der Waals surface area contributed by atoms with Gasteiger partial charge in [0.2, 0.25) is 0 Å². The minimum atomic E-state index is -4.47. The van der Waals surface area contributed by atoms with Crippen molar-refractivity contribution in [3.05, 3.63) is 174 Å². The summed E-state index contributed by atoms with van der Waals surface area (Å²) in [5, 5.41) is 19.9. The van der Waals surface area contributed by atoms with E-state index in [1.54, 1.807) is 6.07 Å². The molecular formula is C58H50BBr2F16N19O11. The second-order valence-electron chi connectivity index (χ2n) is 21.5. The molecule has 11 rings (SSSR count). The van der Waals surface area contributed by atoms with Crippen molar-refractivity contribution >= 4 is 44.4 Å². The van der Waals surface area contributed by atoms with Gasteiger partial charge >= 0.3 is 74.1 Å². The van der Waals surface area contributed by atoms with Gasteiger partial charge in [0.25, 0.3) is 16.7 Å². The summed E-state index contributed by atoms with van der Waals surface area (Å²) in [4.78, 5) is 76.5. The number of aryl methyl sites for hydroxylation is 1. The first-order valence-electron chi connectivity index (χ1n) is 29.4. The smallest absolute Gasteiger partial charge is 0.454 e. The van der Waals surface area contributed by atoms with E-state index < -0.39 is 94.3 Å². The van der Waals surface area contributed by atoms with Gasteiger partial charge in [-0.3, -0.25) is 14.4 Å². The summed E-state index contributed by atoms with van der Waals surface area (Å²) in [6.07, 6.45) is -6.65. The molecule has 10 aromatic rings. The Morgan fingerprint density at radius 1 is 0.458 bits per heavy atom. The van der Waals surface area contributed by atoms with Crippen molar-refractivity contribution < 1.29 is 108 Å². The van der Waals surface area contributed by atoms with Crippen LogP contribution in [-0.2, 0) is 22.3 Å². The molecular weight excluding hydrogens is 1610 g/mol. The number of aromatic amines is 2. The Labute approximate surface area is 605 Å². The van der Waals surface area contributed by atoms with Crippen molar-refractivity contribution in [2.45, 2.75) is 89.7 Å². The fraction of sp³-hybridized carbons (Fsp3) is 0.328. The van der Waals surface area contributed by atoms with Crippen molar-refractivity contribution in [1.29, 1.82) is 0 Å². The molecule has 0 spiro atoms. The van der Waals surface area contributed by atoms with Gasteiger partial charge in [-0.2, -0.15) is 85.5 Å². The van der Waals surface area contributed by atoms with Gasteiger partial charge in [-0.25, -0.2) is 74.7 Å². The number of ether oxygens (including phenoxy) is 5. The normalized spacial score (nSPS) is 13.1. The third-order valence-electron chi connectivity index (χ3n) is 12.5. The first-order chi connectivity index (χ1) is 50.0. The predicted molar refractivity (Wildman–Crippen MR) is 341 cm³/mol. The van der Waals surface area contributed by atoms with Gasteiger partial charge in [-0.1, -0.05) is 12.1 Å². The number of alkyl halides is 15. The SMILES string of the molecule is CC1(C)OB(c2cnc(OCC(F)(F)F)nc2)OC1(C)C.CCc1cc(Cn2nc(-c3cnc(OCC(F)(F)F)nc3)ccc2=O)on1.FC(F)(F)COc1ncc(Br)cn1.Fc1ncc(Br)cn1.O=c1ccc(-c2cnc(OCC(F)(F)F)nc2)n[nH]1.O=c1ccc(-c2cnc(OCC(F)(F)F)nc2)n[nH]1. The van der Waals surface area contributed by atoms with Crippen LogP contribution < -0.4 is 45.8 Å². The molecule has 0 aliphatic carbocycles. The topological polar surface area (TPSA) is 372 Å². The van der Waals surface area contributed by atoms with Crippen molar-refractivity contribution in [2.75, 3.05) is 33.0 Å². The summed E-state index contributed by atoms with van der Waals surface area (Å²) >= 11 is 6.09. The number of nitrogens with zero attached hydrogens (tertiary/aromatic N) is 17. The molecule has 0 unspecified atom stereocenters. The lowest BCUT2D eigenvalue weighted by atomic mass is 9.81. The Bertz CT molecular complexity index is 4390. The molecule has 107 heavy (non-hydrogen) atoms. The van der Waals surface area contributed by atoms with E-state index in [2.05, 4.69) is 146 Å². The highest BCUT2D eigenvalue weighted by molar-refractivity contribution is 9.10. The number of aromatic nitrogens is 19. The van der Waals surface area contributed by atoms with Crippen LogP contribution in [-0.4, -0.2) is 177 Å². The van der Waals surface area contributed by atoms with E-state index in [4.69, 9.17) is 13.8 Å². The molecule has 1 aliphatic rings. The predicted octanol–water partition coefficient (Wildman–Crippen LogP) is 9.85. The zero-order valence-electron chi connectivity index (χ0n) is 54.9. The number of rotatable bonds is 17. The lowest BCUT2D eigenvalue weighted by Gasteiger charge is -2.32. The van der Waals surface area contributed by atoms with Crippen LogP contribution in [0.1, 0.15) is 46.1 Å². The van der Waals surface area contributed by atoms with E-state index in [9.17, 15) is 84.6 Å². The van der Waals surface area contributed by atoms with Crippen molar-refractivity contribution in [3.63, 3.8) is 0 Å². The Hall–Kier alpha value is -10.8. The third kappa shape index (κ3) is 31.4. The van der Waals surface area contributed by atoms with Crippen molar-refractivity contribution in [2.24, 2.45) is 0 Å². The van der Waals surface area contributed by atoms with E-state index in [1.165, 1.54) is 115 Å². The largest absolute Gasteiger partial charge is 0.498 e. The lowest BCUT2D eigenvalue weighted by molar-refractivity contribution is -0.155. The summed E-state index contributed by atoms with van der Waals surface area (Å²) in [5.74, 6) is 0.478. The Morgan fingerprint density at radius 3 is 1.08 bits per heavy atom. The molecule has 2 N–H and O–H groups in total. The summed E-state index contributed by atoms with van der Waals surface area (Å²) in [6, 6.07) is 8.10. The standard InChI is InChI=1S/C16H14F3N5O3.C12H16BF3N2O3.2C10H7F3N4O2.C6H4BrF3N2O.C4H2BrFN2/c1-2-11-5-12(27-23-11)8-24-14(25)4-3-13(22-24)10-6-20-15(21-7-10)26-9-16(17,18)19;1-10(2)11(3,4)21-13(20-10)8-5-17-9(18-6-8)19-7-12(14,15)16;2*11-10(12,13)5-19-9-14-3-6(4-15-9)7-1-2-8(18)17-16-7;7-4-1-11-5(12-2-4)13-3-6(8,9)10;5-3-1-7-4(6)8-2-3/h3-7H,2,8-9H2,1H3;5-6H,7H2,1-4H3;2*1-4H,5H2,(H,17,18);1-2H,3H2;1-2H. The number of hydrogen-bond acceptors (Lipinski definition) is 27. The van der Waals surface area contributed by atoms with Gasteiger partial charge in [-0.05, 0) is 84.2 Å². The summed E-state index contributed by atoms with van der Waals surface area (Å²) < 4.78 is 232. The van der Waals surface area contributed by atoms with E-state index in [1.807, 2.05) is 34.6 Å². The van der Waals surface area contributed by atoms with Gasteiger partial charge in [0.15, 0.2) is 38.8 Å². The fourth-order valence-corrected chi connectivity index (χ4v) is 7.35. The molecule has 11 heterocycles. The van der Waals surface area contributed by atoms with Crippen LogP contribution in [0.5, 0.6) is 30.1 Å². The van der Waals surface area contributed by atoms with Crippen LogP contribution in [0.3, 0.4) is 0 Å². The quantitative estimate of drug-likeness (QED) is 0.0486. The summed E-state index contributed by atoms with van der Waals surface area (Å²) in [6.45, 7) is 2.41. The molecule has 572 valence electrons. The average Bonchev–Trinajstić information content (AvgIpc) is 1.62. The van der Waals surface area contributed by atoms with Gasteiger partial charge in [0.1, 0.15) is 6.54 Å². The highest BCUT2D eigenvalue weighted by Gasteiger charge is 2.52. The maximum Gasteiger partial charge on any atom is 0.498 e. The maximum atomic E-state index is 12.1. The fourth-order valence-electron chi connectivity index (χ4n) is 6.95. The van der Waals surface area contributed by atoms with E-state index in [0.717, 1.165) is 5.69 Å². The average molecular weight is 1660 g/mol. The Kier molecular flexibility index (Phi) is 30.2. The number of nitrogens with one attached hydrogen (secondary N) is 2. The van der Waals surface area contributed by atoms with E-state index >= 15 is 0 Å². The zero-order chi connectivity index (χ0) is 79.0. The molecule has 0 aromatic carbocycles. The summed E-state index contributed by atoms with van der Waals surface area (Å²) in [5.41, 5.74) is 1.62. The van der Waals surface area contributed by atoms with Crippen LogP contribution in [0, 0.1) is 6.08 Å². The Morgan fingerprint density at radius 2 is 0.776 bits per heavy atom. The molecule has 30 nitrogen and oxygen atoms in total. The zero-order valence-corrected chi connectivity index (χ0v) is 58.1. The maximum absolute atomic E-state index is 12.1. The molecule has 0 saturated carbocycles. The van der Waals surface area contributed by atoms with E-state index in [0.29, 0.717) is 60.4 Å². The van der Waals surface area contributed by atoms with Gasteiger partial charge in [0.05, 0.1) is 42.9 Å². The minimum absolute atomic E-state index is 0.0906. The first-order valence-corrected chi connectivity index (χ1v) is 30.9. The van der Waals surface area contributed by atoms with Gasteiger partial charge < -0.3 is 37.5 Å². The highest BCUT2D eigenvalue weighted by atomic mass is 79.9. The molecule has 0 radical (unpaired) electrons. The van der Waals surface area contributed by atoms with Gasteiger partial charge in [0, 0.05) is 121 Å². The van der Waals surface area contributed by atoms with E-state index in [-0.39, 0.29) is 47.3 Å². The number of halogens is 18. The van der Waals surface area contributed by atoms with Crippen molar-refractivity contribution in [1.82, 2.24) is 95.1 Å². The molecule has 1 fully saturated rings. The lowest BCUT2D eigenvalue weighted by Crippen LogP contribution is -2.41. The van der Waals surface area contributed by atoms with Crippen LogP contribution in [0.2, 0.25) is 0 Å². The molecule has 0 atom stereocenters. The second-order valence-corrected chi connectivity index (χ2v) is 23.3. The van der Waals surface area contributed by atoms with Gasteiger partial charge in [-0.15, -0.1) is 0 Å². The molecule has 1 aliphatic heterocycles. The molecule has 0 amide bonds. The summed E-state index contributed by atoms with van der Waals surface area (Å²) in [7, 11) is -0.660. The monoisotopic (exact) mass is 1660 g/mol. The molecule has 10 aromatic heterocycles. The number of H-pyrrole nitrogens is 2. The Balaban J connectivity index is 0.000000207. The molecule has 1 saturated heterocycles. The highest BCUT2D eigenvalue weighted by Crippen LogP contribution is 2.36. The molecule has 49 heteroatoms. The van der Waals surface area contributed by atoms with Crippen LogP contribution in [0.15, 0.2) is 145 Å². The third-order valence-corrected chi connectivity index (χ3v) is 13.3. The minimum Gasteiger partial charge on any atom is -0.454 e. The second kappa shape index (κ2) is 37.9. The van der Waals surface area contributed by atoms with Crippen LogP contribution >= 0.6 is 31.9 Å². The first kappa shape index (κ1) is 85.1. The molecule has 0 bridgehead atoms. The van der Waals surface area contributed by atoms with Crippen molar-refractivity contribution in [3.8, 4) is 63.8 Å². The van der Waals surface area contributed by atoms with Crippen LogP contribution in [0.4, 0.5) is 70.2 Å². The van der Waals surface area contributed by atoms with Crippen LogP contribution in [0.25, 0.3) is 33.8 Å².